The Labute approximate surface area is 236 Å². The molecule has 0 radical (unpaired) electrons. The predicted molar refractivity (Wildman–Crippen MR) is 142 cm³/mol. The van der Waals surface area contributed by atoms with E-state index in [-0.39, 0.29) is 39.0 Å². The number of nitrogens with zero attached hydrogens (tertiary/aromatic N) is 6. The molecule has 4 heterocycles. The Morgan fingerprint density at radius 3 is 1.50 bits per heavy atom. The largest absolute Gasteiger partial charge is 0.396 e. The molecule has 16 heteroatoms. The second kappa shape index (κ2) is 13.4. The Kier molecular flexibility index (Phi) is 11.0. The molecule has 2 aromatic heterocycles. The monoisotopic (exact) mass is 618 g/mol. The van der Waals surface area contributed by atoms with Crippen molar-refractivity contribution in [1.29, 1.82) is 0 Å². The molecule has 8 nitrogen and oxygen atoms in total. The first-order valence-electron chi connectivity index (χ1n) is 11.6. The van der Waals surface area contributed by atoms with Crippen molar-refractivity contribution in [2.45, 2.75) is 34.7 Å². The van der Waals surface area contributed by atoms with Gasteiger partial charge >= 0.3 is 0 Å². The highest BCUT2D eigenvalue weighted by molar-refractivity contribution is 7.98. The van der Waals surface area contributed by atoms with Gasteiger partial charge in [0.25, 0.3) is 11.8 Å². The van der Waals surface area contributed by atoms with Gasteiger partial charge in [-0.25, -0.2) is 37.5 Å². The van der Waals surface area contributed by atoms with Crippen LogP contribution in [0, 0.1) is 11.8 Å². The zero-order valence-corrected chi connectivity index (χ0v) is 23.8. The highest BCUT2D eigenvalue weighted by atomic mass is 35.5. The summed E-state index contributed by atoms with van der Waals surface area (Å²) in [6.45, 7) is -0.686. The molecule has 0 aromatic carbocycles. The average Bonchev–Trinajstić information content (AvgIpc) is 2.89. The fourth-order valence-corrected chi connectivity index (χ4v) is 5.47. The number of hydrogen-bond acceptors (Lipinski definition) is 10. The Bertz CT molecular complexity index is 1010. The summed E-state index contributed by atoms with van der Waals surface area (Å²) in [4.78, 5) is 20.0. The van der Waals surface area contributed by atoms with Crippen LogP contribution in [0.5, 0.6) is 0 Å². The van der Waals surface area contributed by atoms with E-state index in [1.165, 1.54) is 35.9 Å². The molecule has 0 aliphatic carbocycles. The first-order valence-corrected chi connectivity index (χ1v) is 14.8. The van der Waals surface area contributed by atoms with Crippen molar-refractivity contribution in [3.8, 4) is 0 Å². The van der Waals surface area contributed by atoms with Crippen molar-refractivity contribution in [3.05, 3.63) is 22.4 Å². The lowest BCUT2D eigenvalue weighted by atomic mass is 9.94. The van der Waals surface area contributed by atoms with E-state index in [4.69, 9.17) is 33.4 Å². The average molecular weight is 620 g/mol. The van der Waals surface area contributed by atoms with Crippen molar-refractivity contribution in [1.82, 2.24) is 19.9 Å². The van der Waals surface area contributed by atoms with Crippen molar-refractivity contribution < 1.29 is 27.8 Å². The molecule has 38 heavy (non-hydrogen) atoms. The van der Waals surface area contributed by atoms with Gasteiger partial charge in [0.1, 0.15) is 10.1 Å². The van der Waals surface area contributed by atoms with Crippen LogP contribution in [0.1, 0.15) is 12.8 Å². The van der Waals surface area contributed by atoms with Crippen LogP contribution in [-0.4, -0.2) is 93.9 Å². The Balaban J connectivity index is 0.000000211. The van der Waals surface area contributed by atoms with Gasteiger partial charge in [0.05, 0.1) is 47.5 Å². The van der Waals surface area contributed by atoms with Gasteiger partial charge in [-0.2, -0.15) is 0 Å². The van der Waals surface area contributed by atoms with Crippen LogP contribution in [0.2, 0.25) is 10.0 Å². The van der Waals surface area contributed by atoms with E-state index in [0.29, 0.717) is 32.0 Å². The number of aliphatic hydroxyl groups excluding tert-OH is 2. The molecule has 2 fully saturated rings. The molecule has 2 N–H and O–H groups in total. The SMILES string of the molecule is CSc1nc(N2CCC(F)(F)[C@@H](CO)C2)ncc1Cl.CSc1nc(N2CCC(F)(F)[C@H](CO)C2)ncc1Cl. The molecule has 2 aliphatic heterocycles. The number of rotatable bonds is 6. The lowest BCUT2D eigenvalue weighted by Crippen LogP contribution is -2.49. The van der Waals surface area contributed by atoms with Crippen molar-refractivity contribution in [2.75, 3.05) is 61.7 Å². The molecule has 0 amide bonds. The molecule has 2 atom stereocenters. The second-order valence-electron chi connectivity index (χ2n) is 8.73. The first kappa shape index (κ1) is 31.2. The molecule has 212 valence electrons. The Morgan fingerprint density at radius 1 is 0.816 bits per heavy atom. The highest BCUT2D eigenvalue weighted by Gasteiger charge is 2.45. The maximum atomic E-state index is 13.5. The minimum absolute atomic E-state index is 0.0406. The summed E-state index contributed by atoms with van der Waals surface area (Å²) >= 11 is 14.6. The van der Waals surface area contributed by atoms with Crippen LogP contribution in [0.25, 0.3) is 0 Å². The fraction of sp³-hybridized carbons (Fsp3) is 0.636. The number of hydrogen-bond donors (Lipinski definition) is 2. The number of aliphatic hydroxyl groups is 2. The molecule has 4 rings (SSSR count). The highest BCUT2D eigenvalue weighted by Crippen LogP contribution is 2.36. The predicted octanol–water partition coefficient (Wildman–Crippen LogP) is 4.61. The third-order valence-electron chi connectivity index (χ3n) is 6.30. The van der Waals surface area contributed by atoms with Gasteiger partial charge in [0.15, 0.2) is 0 Å². The third kappa shape index (κ3) is 7.45. The van der Waals surface area contributed by atoms with E-state index in [9.17, 15) is 17.6 Å². The third-order valence-corrected chi connectivity index (χ3v) is 8.47. The maximum Gasteiger partial charge on any atom is 0.256 e. The lowest BCUT2D eigenvalue weighted by Gasteiger charge is -2.37. The minimum Gasteiger partial charge on any atom is -0.396 e. The van der Waals surface area contributed by atoms with Gasteiger partial charge in [-0.3, -0.25) is 0 Å². The van der Waals surface area contributed by atoms with E-state index in [0.717, 1.165) is 0 Å². The lowest BCUT2D eigenvalue weighted by molar-refractivity contribution is -0.0888. The molecular weight excluding hydrogens is 591 g/mol. The Hall–Kier alpha value is -1.32. The van der Waals surface area contributed by atoms with Gasteiger partial charge in [0.2, 0.25) is 11.9 Å². The number of alkyl halides is 4. The summed E-state index contributed by atoms with van der Waals surface area (Å²) in [5.74, 6) is -7.08. The molecule has 2 saturated heterocycles. The van der Waals surface area contributed by atoms with Gasteiger partial charge < -0.3 is 20.0 Å². The van der Waals surface area contributed by atoms with Crippen LogP contribution in [0.4, 0.5) is 29.5 Å². The number of piperidine rings is 2. The zero-order valence-electron chi connectivity index (χ0n) is 20.6. The van der Waals surface area contributed by atoms with E-state index in [1.807, 2.05) is 12.5 Å². The van der Waals surface area contributed by atoms with Gasteiger partial charge in [-0.05, 0) is 12.5 Å². The van der Waals surface area contributed by atoms with Gasteiger partial charge in [0, 0.05) is 39.0 Å². The molecular formula is C22H28Cl2F4N6O2S2. The molecule has 0 saturated carbocycles. The number of aromatic nitrogens is 4. The van der Waals surface area contributed by atoms with Crippen molar-refractivity contribution in [2.24, 2.45) is 11.8 Å². The molecule has 2 aromatic rings. The van der Waals surface area contributed by atoms with Crippen LogP contribution >= 0.6 is 46.7 Å². The topological polar surface area (TPSA) is 98.5 Å². The molecule has 0 unspecified atom stereocenters. The number of halogens is 6. The minimum atomic E-state index is -2.83. The summed E-state index contributed by atoms with van der Waals surface area (Å²) in [5, 5.41) is 20.2. The second-order valence-corrected chi connectivity index (χ2v) is 11.1. The van der Waals surface area contributed by atoms with E-state index in [2.05, 4.69) is 19.9 Å². The molecule has 2 aliphatic rings. The normalized spacial score (nSPS) is 22.6. The van der Waals surface area contributed by atoms with E-state index < -0.39 is 36.9 Å². The van der Waals surface area contributed by atoms with Crippen molar-refractivity contribution >= 4 is 58.6 Å². The van der Waals surface area contributed by atoms with Crippen LogP contribution in [0.15, 0.2) is 22.4 Å². The van der Waals surface area contributed by atoms with Crippen LogP contribution < -0.4 is 9.80 Å². The number of anilines is 2. The quantitative estimate of drug-likeness (QED) is 0.271. The summed E-state index contributed by atoms with van der Waals surface area (Å²) in [7, 11) is 0. The van der Waals surface area contributed by atoms with Gasteiger partial charge in [-0.15, -0.1) is 23.5 Å². The fourth-order valence-electron chi connectivity index (χ4n) is 3.98. The summed E-state index contributed by atoms with van der Waals surface area (Å²) in [6, 6.07) is 0. The Morgan fingerprint density at radius 2 is 1.18 bits per heavy atom. The smallest absolute Gasteiger partial charge is 0.256 e. The summed E-state index contributed by atoms with van der Waals surface area (Å²) in [5.41, 5.74) is 0. The van der Waals surface area contributed by atoms with Gasteiger partial charge in [-0.1, -0.05) is 23.2 Å². The zero-order chi connectivity index (χ0) is 28.1. The molecule has 0 spiro atoms. The summed E-state index contributed by atoms with van der Waals surface area (Å²) < 4.78 is 54.1. The van der Waals surface area contributed by atoms with Crippen LogP contribution in [0.3, 0.4) is 0 Å². The standard InChI is InChI=1S/2C11H14ClF2N3OS/c2*1-19-9-8(12)4-15-10(16-9)17-3-2-11(13,14)7(5-17)6-18/h2*4,7,18H,2-3,5-6H2,1H3/t2*7-/m10/s1. The molecule has 0 bridgehead atoms. The maximum absolute atomic E-state index is 13.5. The van der Waals surface area contributed by atoms with Crippen LogP contribution in [-0.2, 0) is 0 Å². The van der Waals surface area contributed by atoms with E-state index >= 15 is 0 Å². The summed E-state index contributed by atoms with van der Waals surface area (Å²) in [6.07, 6.45) is 5.99. The number of thioether (sulfide) groups is 2. The van der Waals surface area contributed by atoms with E-state index in [1.54, 1.807) is 9.80 Å². The first-order chi connectivity index (χ1) is 17.9. The van der Waals surface area contributed by atoms with Crippen molar-refractivity contribution in [3.63, 3.8) is 0 Å².